The number of benzene rings is 1. The molecule has 0 radical (unpaired) electrons. The lowest BCUT2D eigenvalue weighted by atomic mass is 10.1. The third-order valence-electron chi connectivity index (χ3n) is 3.50. The Labute approximate surface area is 124 Å². The van der Waals surface area contributed by atoms with Crippen LogP contribution >= 0.6 is 0 Å². The summed E-state index contributed by atoms with van der Waals surface area (Å²) in [5, 5.41) is 12.5. The van der Waals surface area contributed by atoms with Gasteiger partial charge < -0.3 is 22.8 Å². The van der Waals surface area contributed by atoms with Crippen LogP contribution in [0.15, 0.2) is 23.0 Å². The van der Waals surface area contributed by atoms with Crippen LogP contribution in [0.4, 0.5) is 0 Å². The first-order valence-corrected chi connectivity index (χ1v) is 6.36. The number of nitrogens with zero attached hydrogens (tertiary/aromatic N) is 2. The highest BCUT2D eigenvalue weighted by molar-refractivity contribution is 5.76. The third-order valence-corrected chi connectivity index (χ3v) is 3.50. The van der Waals surface area contributed by atoms with Gasteiger partial charge >= 0.3 is 5.69 Å². The zero-order valence-electron chi connectivity index (χ0n) is 12.3. The zero-order chi connectivity index (χ0) is 14.2. The maximum atomic E-state index is 11.8. The molecule has 2 rings (SSSR count). The Bertz CT molecular complexity index is 658. The van der Waals surface area contributed by atoms with Crippen molar-refractivity contribution in [2.75, 3.05) is 6.61 Å². The van der Waals surface area contributed by atoms with Crippen molar-refractivity contribution < 1.29 is 17.5 Å². The molecule has 0 spiro atoms. The Hall–Kier alpha value is -1.30. The van der Waals surface area contributed by atoms with Crippen molar-refractivity contribution in [1.82, 2.24) is 14.5 Å². The Morgan fingerprint density at radius 1 is 1.20 bits per heavy atom. The number of imidazole rings is 1. The molecule has 0 bridgehead atoms. The first-order valence-electron chi connectivity index (χ1n) is 6.36. The predicted molar refractivity (Wildman–Crippen MR) is 76.2 cm³/mol. The summed E-state index contributed by atoms with van der Waals surface area (Å²) >= 11 is 0. The fourth-order valence-electron chi connectivity index (χ4n) is 2.06. The van der Waals surface area contributed by atoms with Gasteiger partial charge in [0, 0.05) is 26.2 Å². The van der Waals surface area contributed by atoms with E-state index in [0.717, 1.165) is 16.6 Å². The number of halogens is 1. The Morgan fingerprint density at radius 2 is 1.80 bits per heavy atom. The summed E-state index contributed by atoms with van der Waals surface area (Å²) in [7, 11) is 3.55. The number of aliphatic hydroxyl groups excluding tert-OH is 1. The monoisotopic (exact) mass is 298 g/mol. The van der Waals surface area contributed by atoms with Gasteiger partial charge in [-0.1, -0.05) is 6.07 Å². The summed E-state index contributed by atoms with van der Waals surface area (Å²) in [5.41, 5.74) is 2.62. The van der Waals surface area contributed by atoms with Gasteiger partial charge in [-0.25, -0.2) is 4.79 Å². The van der Waals surface area contributed by atoms with Gasteiger partial charge in [-0.3, -0.25) is 9.13 Å². The topological polar surface area (TPSA) is 59.2 Å². The van der Waals surface area contributed by atoms with Crippen LogP contribution in [0.2, 0.25) is 0 Å². The summed E-state index contributed by atoms with van der Waals surface area (Å²) in [6.45, 7) is 4.64. The molecule has 5 nitrogen and oxygen atoms in total. The summed E-state index contributed by atoms with van der Waals surface area (Å²) in [6, 6.07) is 5.97. The highest BCUT2D eigenvalue weighted by Crippen LogP contribution is 2.14. The lowest BCUT2D eigenvalue weighted by Gasteiger charge is -2.23. The van der Waals surface area contributed by atoms with E-state index in [2.05, 4.69) is 5.32 Å². The molecule has 0 amide bonds. The lowest BCUT2D eigenvalue weighted by Crippen LogP contribution is -3.00. The van der Waals surface area contributed by atoms with E-state index < -0.39 is 0 Å². The second-order valence-electron chi connectivity index (χ2n) is 5.62. The highest BCUT2D eigenvalue weighted by Gasteiger charge is 2.15. The van der Waals surface area contributed by atoms with Crippen LogP contribution in [0.25, 0.3) is 11.0 Å². The number of aryl methyl sites for hydroxylation is 2. The number of aliphatic hydroxyl groups is 1. The fourth-order valence-corrected chi connectivity index (χ4v) is 2.06. The largest absolute Gasteiger partial charge is 1.00 e. The van der Waals surface area contributed by atoms with Crippen LogP contribution < -0.4 is 23.4 Å². The molecule has 0 atom stereocenters. The molecule has 1 aromatic heterocycles. The molecular weight excluding hydrogens is 278 g/mol. The highest BCUT2D eigenvalue weighted by atomic mass is 35.5. The van der Waals surface area contributed by atoms with Crippen LogP contribution in [-0.2, 0) is 20.6 Å². The van der Waals surface area contributed by atoms with E-state index in [1.807, 2.05) is 32.0 Å². The fraction of sp³-hybridized carbons (Fsp3) is 0.500. The summed E-state index contributed by atoms with van der Waals surface area (Å²) in [6.07, 6.45) is 0. The molecule has 20 heavy (non-hydrogen) atoms. The number of nitrogens with one attached hydrogen (secondary N) is 1. The standard InChI is InChI=1S/C14H21N3O2.ClH/c1-14(2,9-18)15-8-10-5-6-11-12(7-10)17(4)13(19)16(11)3;/h5-7,15,18H,8-9H2,1-4H3;1H/p-1. The van der Waals surface area contributed by atoms with Gasteiger partial charge in [0.15, 0.2) is 0 Å². The molecule has 0 aliphatic heterocycles. The minimum atomic E-state index is -0.308. The number of fused-ring (bicyclic) bond motifs is 1. The summed E-state index contributed by atoms with van der Waals surface area (Å²) < 4.78 is 3.29. The van der Waals surface area contributed by atoms with Crippen molar-refractivity contribution in [1.29, 1.82) is 0 Å². The SMILES string of the molecule is Cn1c(=O)n(C)c2cc(CNC(C)(C)CO)ccc21.[Cl-]. The Morgan fingerprint density at radius 3 is 2.40 bits per heavy atom. The molecule has 2 aromatic rings. The van der Waals surface area contributed by atoms with Gasteiger partial charge in [0.2, 0.25) is 0 Å². The lowest BCUT2D eigenvalue weighted by molar-refractivity contribution is -0.00000514. The summed E-state index contributed by atoms with van der Waals surface area (Å²) in [5.74, 6) is 0. The van der Waals surface area contributed by atoms with Crippen LogP contribution in [0.3, 0.4) is 0 Å². The first kappa shape index (κ1) is 16.8. The molecule has 2 N–H and O–H groups in total. The van der Waals surface area contributed by atoms with Crippen molar-refractivity contribution in [2.45, 2.75) is 25.9 Å². The van der Waals surface area contributed by atoms with Gasteiger partial charge in [-0.2, -0.15) is 0 Å². The molecule has 0 fully saturated rings. The molecule has 0 aliphatic carbocycles. The van der Waals surface area contributed by atoms with Crippen molar-refractivity contribution in [3.05, 3.63) is 34.2 Å². The molecule has 1 heterocycles. The smallest absolute Gasteiger partial charge is 0.328 e. The normalized spacial score (nSPS) is 11.7. The van der Waals surface area contributed by atoms with E-state index in [-0.39, 0.29) is 30.2 Å². The van der Waals surface area contributed by atoms with Crippen molar-refractivity contribution in [3.8, 4) is 0 Å². The molecule has 0 unspecified atom stereocenters. The van der Waals surface area contributed by atoms with Crippen LogP contribution in [-0.4, -0.2) is 26.4 Å². The molecular formula is C14H21ClN3O2-. The minimum absolute atomic E-state index is 0. The minimum Gasteiger partial charge on any atom is -1.00 e. The Balaban J connectivity index is 0.00000200. The van der Waals surface area contributed by atoms with Crippen LogP contribution in [0.5, 0.6) is 0 Å². The number of hydrogen-bond donors (Lipinski definition) is 2. The second kappa shape index (κ2) is 5.99. The van der Waals surface area contributed by atoms with E-state index in [1.54, 1.807) is 23.2 Å². The zero-order valence-corrected chi connectivity index (χ0v) is 13.0. The quantitative estimate of drug-likeness (QED) is 0.670. The molecule has 1 aromatic carbocycles. The van der Waals surface area contributed by atoms with Crippen molar-refractivity contribution >= 4 is 11.0 Å². The van der Waals surface area contributed by atoms with Gasteiger partial charge in [0.1, 0.15) is 0 Å². The van der Waals surface area contributed by atoms with Crippen molar-refractivity contribution in [2.24, 2.45) is 14.1 Å². The van der Waals surface area contributed by atoms with Crippen molar-refractivity contribution in [3.63, 3.8) is 0 Å². The van der Waals surface area contributed by atoms with Crippen LogP contribution in [0.1, 0.15) is 19.4 Å². The van der Waals surface area contributed by atoms with Crippen LogP contribution in [0, 0.1) is 0 Å². The van der Waals surface area contributed by atoms with E-state index in [4.69, 9.17) is 0 Å². The summed E-state index contributed by atoms with van der Waals surface area (Å²) in [4.78, 5) is 11.8. The molecule has 112 valence electrons. The van der Waals surface area contributed by atoms with Gasteiger partial charge in [-0.15, -0.1) is 0 Å². The van der Waals surface area contributed by atoms with Gasteiger partial charge in [0.05, 0.1) is 17.6 Å². The number of aromatic nitrogens is 2. The van der Waals surface area contributed by atoms with E-state index in [0.29, 0.717) is 6.54 Å². The maximum Gasteiger partial charge on any atom is 0.328 e. The van der Waals surface area contributed by atoms with E-state index >= 15 is 0 Å². The Kier molecular flexibility index (Phi) is 5.02. The third kappa shape index (κ3) is 3.06. The maximum absolute atomic E-state index is 11.8. The van der Waals surface area contributed by atoms with E-state index in [9.17, 15) is 9.90 Å². The molecule has 6 heteroatoms. The average molecular weight is 299 g/mol. The van der Waals surface area contributed by atoms with Gasteiger partial charge in [0.25, 0.3) is 0 Å². The first-order chi connectivity index (χ1) is 8.85. The number of hydrogen-bond acceptors (Lipinski definition) is 3. The number of rotatable bonds is 4. The molecule has 0 saturated carbocycles. The molecule has 0 saturated heterocycles. The second-order valence-corrected chi connectivity index (χ2v) is 5.62. The van der Waals surface area contributed by atoms with E-state index in [1.165, 1.54) is 0 Å². The average Bonchev–Trinajstić information content (AvgIpc) is 2.62. The van der Waals surface area contributed by atoms with Gasteiger partial charge in [-0.05, 0) is 31.5 Å². The predicted octanol–water partition coefficient (Wildman–Crippen LogP) is -2.26. The molecule has 0 aliphatic rings.